The SMILES string of the molecule is CCNCc1cccc(F)c1N1CCCOCC1. The van der Waals surface area contributed by atoms with E-state index in [1.807, 2.05) is 6.07 Å². The van der Waals surface area contributed by atoms with Gasteiger partial charge in [0.05, 0.1) is 12.3 Å². The fourth-order valence-corrected chi connectivity index (χ4v) is 2.29. The van der Waals surface area contributed by atoms with E-state index in [2.05, 4.69) is 17.1 Å². The van der Waals surface area contributed by atoms with Crippen molar-refractivity contribution >= 4 is 5.69 Å². The van der Waals surface area contributed by atoms with Gasteiger partial charge in [-0.25, -0.2) is 4.39 Å². The van der Waals surface area contributed by atoms with Gasteiger partial charge in [-0.2, -0.15) is 0 Å². The number of rotatable bonds is 4. The number of anilines is 1. The molecule has 3 nitrogen and oxygen atoms in total. The van der Waals surface area contributed by atoms with Crippen LogP contribution >= 0.6 is 0 Å². The number of nitrogens with one attached hydrogen (secondary N) is 1. The summed E-state index contributed by atoms with van der Waals surface area (Å²) in [6.45, 7) is 6.72. The highest BCUT2D eigenvalue weighted by molar-refractivity contribution is 5.55. The standard InChI is InChI=1S/C14H21FN2O/c1-2-16-11-12-5-3-6-13(15)14(12)17-7-4-9-18-10-8-17/h3,5-6,16H,2,4,7-11H2,1H3. The van der Waals surface area contributed by atoms with E-state index in [9.17, 15) is 4.39 Å². The van der Waals surface area contributed by atoms with Crippen LogP contribution in [0, 0.1) is 5.82 Å². The Labute approximate surface area is 108 Å². The Morgan fingerprint density at radius 2 is 2.22 bits per heavy atom. The van der Waals surface area contributed by atoms with Crippen molar-refractivity contribution in [3.8, 4) is 0 Å². The van der Waals surface area contributed by atoms with Gasteiger partial charge in [-0.1, -0.05) is 19.1 Å². The highest BCUT2D eigenvalue weighted by Crippen LogP contribution is 2.25. The average Bonchev–Trinajstić information content (AvgIpc) is 2.65. The third kappa shape index (κ3) is 3.21. The summed E-state index contributed by atoms with van der Waals surface area (Å²) in [5, 5.41) is 3.26. The van der Waals surface area contributed by atoms with Crippen LogP contribution in [-0.4, -0.2) is 32.8 Å². The smallest absolute Gasteiger partial charge is 0.146 e. The van der Waals surface area contributed by atoms with Crippen molar-refractivity contribution in [3.63, 3.8) is 0 Å². The molecular weight excluding hydrogens is 231 g/mol. The van der Waals surface area contributed by atoms with E-state index in [4.69, 9.17) is 4.74 Å². The van der Waals surface area contributed by atoms with Gasteiger partial charge in [-0.3, -0.25) is 0 Å². The Hall–Kier alpha value is -1.13. The molecule has 18 heavy (non-hydrogen) atoms. The maximum Gasteiger partial charge on any atom is 0.146 e. The molecule has 1 aromatic rings. The Morgan fingerprint density at radius 1 is 1.33 bits per heavy atom. The number of ether oxygens (including phenoxy) is 1. The molecule has 0 spiro atoms. The first-order valence-electron chi connectivity index (χ1n) is 6.63. The second-order valence-electron chi connectivity index (χ2n) is 4.48. The lowest BCUT2D eigenvalue weighted by Crippen LogP contribution is -2.29. The number of hydrogen-bond acceptors (Lipinski definition) is 3. The molecule has 4 heteroatoms. The van der Waals surface area contributed by atoms with E-state index >= 15 is 0 Å². The van der Waals surface area contributed by atoms with Gasteiger partial charge in [-0.05, 0) is 24.6 Å². The molecule has 1 aliphatic rings. The topological polar surface area (TPSA) is 24.5 Å². The molecule has 0 saturated carbocycles. The van der Waals surface area contributed by atoms with Crippen molar-refractivity contribution in [1.82, 2.24) is 5.32 Å². The molecule has 1 fully saturated rings. The molecule has 2 rings (SSSR count). The maximum absolute atomic E-state index is 14.1. The molecule has 1 aliphatic heterocycles. The molecule has 0 bridgehead atoms. The lowest BCUT2D eigenvalue weighted by atomic mass is 10.1. The molecular formula is C14H21FN2O. The van der Waals surface area contributed by atoms with Crippen molar-refractivity contribution in [1.29, 1.82) is 0 Å². The Bertz CT molecular complexity index is 376. The van der Waals surface area contributed by atoms with E-state index in [-0.39, 0.29) is 5.82 Å². The number of hydrogen-bond donors (Lipinski definition) is 1. The van der Waals surface area contributed by atoms with E-state index in [1.165, 1.54) is 6.07 Å². The van der Waals surface area contributed by atoms with Crippen LogP contribution in [0.5, 0.6) is 0 Å². The van der Waals surface area contributed by atoms with Crippen LogP contribution in [0.2, 0.25) is 0 Å². The summed E-state index contributed by atoms with van der Waals surface area (Å²) in [6, 6.07) is 5.31. The van der Waals surface area contributed by atoms with E-state index in [0.717, 1.165) is 43.9 Å². The summed E-state index contributed by atoms with van der Waals surface area (Å²) in [4.78, 5) is 2.11. The molecule has 0 atom stereocenters. The van der Waals surface area contributed by atoms with Crippen LogP contribution < -0.4 is 10.2 Å². The lowest BCUT2D eigenvalue weighted by molar-refractivity contribution is 0.152. The van der Waals surface area contributed by atoms with E-state index < -0.39 is 0 Å². The first-order valence-corrected chi connectivity index (χ1v) is 6.63. The molecule has 1 heterocycles. The second kappa shape index (κ2) is 6.71. The van der Waals surface area contributed by atoms with Gasteiger partial charge < -0.3 is 15.0 Å². The van der Waals surface area contributed by atoms with Gasteiger partial charge in [0.15, 0.2) is 0 Å². The molecule has 0 radical (unpaired) electrons. The number of halogens is 1. The zero-order valence-corrected chi connectivity index (χ0v) is 10.9. The maximum atomic E-state index is 14.1. The van der Waals surface area contributed by atoms with Crippen molar-refractivity contribution < 1.29 is 9.13 Å². The molecule has 0 aliphatic carbocycles. The molecule has 0 aromatic heterocycles. The first kappa shape index (κ1) is 13.3. The summed E-state index contributed by atoms with van der Waals surface area (Å²) < 4.78 is 19.5. The summed E-state index contributed by atoms with van der Waals surface area (Å²) >= 11 is 0. The van der Waals surface area contributed by atoms with Crippen molar-refractivity contribution in [2.24, 2.45) is 0 Å². The summed E-state index contributed by atoms with van der Waals surface area (Å²) in [6.07, 6.45) is 0.953. The fourth-order valence-electron chi connectivity index (χ4n) is 2.29. The predicted molar refractivity (Wildman–Crippen MR) is 71.4 cm³/mol. The van der Waals surface area contributed by atoms with Crippen molar-refractivity contribution in [3.05, 3.63) is 29.6 Å². The Balaban J connectivity index is 2.22. The van der Waals surface area contributed by atoms with E-state index in [1.54, 1.807) is 6.07 Å². The van der Waals surface area contributed by atoms with Crippen LogP contribution in [0.3, 0.4) is 0 Å². The minimum absolute atomic E-state index is 0.132. The number of nitrogens with zero attached hydrogens (tertiary/aromatic N) is 1. The summed E-state index contributed by atoms with van der Waals surface area (Å²) in [5.41, 5.74) is 1.77. The van der Waals surface area contributed by atoms with Crippen LogP contribution in [-0.2, 0) is 11.3 Å². The third-order valence-electron chi connectivity index (χ3n) is 3.17. The molecule has 100 valence electrons. The van der Waals surface area contributed by atoms with Crippen LogP contribution in [0.1, 0.15) is 18.9 Å². The van der Waals surface area contributed by atoms with Crippen LogP contribution in [0.4, 0.5) is 10.1 Å². The lowest BCUT2D eigenvalue weighted by Gasteiger charge is -2.25. The number of benzene rings is 1. The minimum Gasteiger partial charge on any atom is -0.380 e. The molecule has 0 unspecified atom stereocenters. The van der Waals surface area contributed by atoms with Gasteiger partial charge in [0, 0.05) is 26.2 Å². The predicted octanol–water partition coefficient (Wildman–Crippen LogP) is 2.16. The van der Waals surface area contributed by atoms with Crippen molar-refractivity contribution in [2.75, 3.05) is 37.7 Å². The summed E-state index contributed by atoms with van der Waals surface area (Å²) in [7, 11) is 0. The van der Waals surface area contributed by atoms with Crippen LogP contribution in [0.25, 0.3) is 0 Å². The fraction of sp³-hybridized carbons (Fsp3) is 0.571. The van der Waals surface area contributed by atoms with Crippen molar-refractivity contribution in [2.45, 2.75) is 19.9 Å². The quantitative estimate of drug-likeness (QED) is 0.888. The summed E-state index contributed by atoms with van der Waals surface area (Å²) in [5.74, 6) is -0.132. The Morgan fingerprint density at radius 3 is 3.06 bits per heavy atom. The zero-order valence-electron chi connectivity index (χ0n) is 10.9. The highest BCUT2D eigenvalue weighted by Gasteiger charge is 2.17. The third-order valence-corrected chi connectivity index (χ3v) is 3.17. The van der Waals surface area contributed by atoms with Gasteiger partial charge in [-0.15, -0.1) is 0 Å². The monoisotopic (exact) mass is 252 g/mol. The molecule has 1 aromatic carbocycles. The second-order valence-corrected chi connectivity index (χ2v) is 4.48. The normalized spacial score (nSPS) is 16.7. The molecule has 1 saturated heterocycles. The minimum atomic E-state index is -0.132. The zero-order chi connectivity index (χ0) is 12.8. The van der Waals surface area contributed by atoms with Gasteiger partial charge in [0.1, 0.15) is 5.82 Å². The number of para-hydroxylation sites is 1. The van der Waals surface area contributed by atoms with Gasteiger partial charge in [0.25, 0.3) is 0 Å². The molecule has 1 N–H and O–H groups in total. The van der Waals surface area contributed by atoms with Gasteiger partial charge in [0.2, 0.25) is 0 Å². The molecule has 0 amide bonds. The first-order chi connectivity index (χ1) is 8.83. The average molecular weight is 252 g/mol. The highest BCUT2D eigenvalue weighted by atomic mass is 19.1. The Kier molecular flexibility index (Phi) is 4.96. The van der Waals surface area contributed by atoms with E-state index in [0.29, 0.717) is 13.2 Å². The van der Waals surface area contributed by atoms with Crippen LogP contribution in [0.15, 0.2) is 18.2 Å². The largest absolute Gasteiger partial charge is 0.380 e. The van der Waals surface area contributed by atoms with Gasteiger partial charge >= 0.3 is 0 Å².